The topological polar surface area (TPSA) is 103 Å². The summed E-state index contributed by atoms with van der Waals surface area (Å²) in [4.78, 5) is 35.5. The van der Waals surface area contributed by atoms with Gasteiger partial charge in [-0.25, -0.2) is 9.59 Å². The summed E-state index contributed by atoms with van der Waals surface area (Å²) in [6.07, 6.45) is 0. The van der Waals surface area contributed by atoms with Gasteiger partial charge in [0.25, 0.3) is 5.91 Å². The third-order valence-electron chi connectivity index (χ3n) is 4.00. The summed E-state index contributed by atoms with van der Waals surface area (Å²) >= 11 is 6.12. The van der Waals surface area contributed by atoms with Gasteiger partial charge in [0.2, 0.25) is 0 Å². The van der Waals surface area contributed by atoms with Crippen molar-refractivity contribution in [3.63, 3.8) is 0 Å². The molecule has 9 heteroatoms. The van der Waals surface area contributed by atoms with E-state index >= 15 is 0 Å². The first-order valence-electron chi connectivity index (χ1n) is 9.59. The fourth-order valence-corrected chi connectivity index (χ4v) is 2.59. The van der Waals surface area contributed by atoms with E-state index in [-0.39, 0.29) is 18.1 Å². The molecule has 0 fully saturated rings. The van der Waals surface area contributed by atoms with E-state index in [9.17, 15) is 14.4 Å². The minimum absolute atomic E-state index is 0.166. The second-order valence-electron chi connectivity index (χ2n) is 6.97. The van der Waals surface area contributed by atoms with Crippen molar-refractivity contribution in [1.29, 1.82) is 0 Å². The van der Waals surface area contributed by atoms with Crippen LogP contribution in [-0.2, 0) is 16.1 Å². The monoisotopic (exact) mass is 448 g/mol. The Hall–Kier alpha value is -3.26. The van der Waals surface area contributed by atoms with Crippen LogP contribution in [0.1, 0.15) is 29.8 Å². The minimum Gasteiger partial charge on any atom is -0.493 e. The van der Waals surface area contributed by atoms with Crippen LogP contribution in [0.15, 0.2) is 42.5 Å². The summed E-state index contributed by atoms with van der Waals surface area (Å²) in [5.41, 5.74) is 0.970. The summed E-state index contributed by atoms with van der Waals surface area (Å²) in [6, 6.07) is 11.1. The number of methoxy groups -OCH3 is 1. The molecular formula is C22H25ClN2O6. The predicted molar refractivity (Wildman–Crippen MR) is 115 cm³/mol. The molecule has 0 atom stereocenters. The number of benzene rings is 2. The van der Waals surface area contributed by atoms with Gasteiger partial charge in [-0.2, -0.15) is 0 Å². The standard InChI is InChI=1S/C22H25ClN2O6/c1-14(2)11-24-22(28)25-20(26)13-31-21(27)15-8-9-18(19(10-15)29-3)30-12-16-6-4-5-7-17(16)23/h4-10,14H,11-13H2,1-3H3,(H2,24,25,26,28). The zero-order valence-corrected chi connectivity index (χ0v) is 18.3. The molecule has 3 amide bonds. The quantitative estimate of drug-likeness (QED) is 0.568. The first kappa shape index (κ1) is 24.0. The Morgan fingerprint density at radius 3 is 2.48 bits per heavy atom. The summed E-state index contributed by atoms with van der Waals surface area (Å²) in [7, 11) is 1.44. The van der Waals surface area contributed by atoms with Crippen LogP contribution in [0, 0.1) is 5.92 Å². The molecule has 2 N–H and O–H groups in total. The maximum absolute atomic E-state index is 12.2. The average Bonchev–Trinajstić information content (AvgIpc) is 2.75. The summed E-state index contributed by atoms with van der Waals surface area (Å²) < 4.78 is 16.0. The van der Waals surface area contributed by atoms with Gasteiger partial charge in [-0.15, -0.1) is 0 Å². The molecule has 0 aliphatic heterocycles. The summed E-state index contributed by atoms with van der Waals surface area (Å²) in [5, 5.41) is 5.20. The van der Waals surface area contributed by atoms with Crippen LogP contribution in [0.5, 0.6) is 11.5 Å². The van der Waals surface area contributed by atoms with E-state index < -0.39 is 24.5 Å². The van der Waals surface area contributed by atoms with E-state index in [1.807, 2.05) is 32.0 Å². The highest BCUT2D eigenvalue weighted by molar-refractivity contribution is 6.31. The molecule has 0 radical (unpaired) electrons. The lowest BCUT2D eigenvalue weighted by Gasteiger charge is -2.13. The fraction of sp³-hybridized carbons (Fsp3) is 0.318. The molecule has 0 heterocycles. The van der Waals surface area contributed by atoms with E-state index in [4.69, 9.17) is 25.8 Å². The van der Waals surface area contributed by atoms with Crippen molar-refractivity contribution < 1.29 is 28.6 Å². The molecule has 2 aromatic carbocycles. The van der Waals surface area contributed by atoms with Crippen LogP contribution in [-0.4, -0.2) is 38.2 Å². The number of carbonyl (C=O) groups excluding carboxylic acids is 3. The Labute approximate surface area is 185 Å². The molecule has 0 unspecified atom stereocenters. The highest BCUT2D eigenvalue weighted by atomic mass is 35.5. The first-order chi connectivity index (χ1) is 14.8. The Bertz CT molecular complexity index is 932. The Morgan fingerprint density at radius 1 is 1.06 bits per heavy atom. The number of imide groups is 1. The molecule has 31 heavy (non-hydrogen) atoms. The van der Waals surface area contributed by atoms with E-state index in [0.717, 1.165) is 5.56 Å². The molecule has 0 saturated heterocycles. The highest BCUT2D eigenvalue weighted by Crippen LogP contribution is 2.29. The number of ether oxygens (including phenoxy) is 3. The summed E-state index contributed by atoms with van der Waals surface area (Å²) in [6.45, 7) is 3.89. The van der Waals surface area contributed by atoms with Crippen molar-refractivity contribution in [3.05, 3.63) is 58.6 Å². The molecule has 0 spiro atoms. The van der Waals surface area contributed by atoms with Crippen LogP contribution in [0.25, 0.3) is 0 Å². The molecule has 2 aromatic rings. The average molecular weight is 449 g/mol. The van der Waals surface area contributed by atoms with E-state index in [0.29, 0.717) is 23.1 Å². The minimum atomic E-state index is -0.742. The molecule has 166 valence electrons. The van der Waals surface area contributed by atoms with Crippen molar-refractivity contribution >= 4 is 29.5 Å². The lowest BCUT2D eigenvalue weighted by Crippen LogP contribution is -2.42. The molecule has 0 saturated carbocycles. The lowest BCUT2D eigenvalue weighted by atomic mass is 10.2. The number of esters is 1. The van der Waals surface area contributed by atoms with Crippen LogP contribution < -0.4 is 20.1 Å². The van der Waals surface area contributed by atoms with Crippen molar-refractivity contribution in [2.75, 3.05) is 20.3 Å². The number of nitrogens with one attached hydrogen (secondary N) is 2. The number of amides is 3. The van der Waals surface area contributed by atoms with Crippen LogP contribution in [0.2, 0.25) is 5.02 Å². The number of rotatable bonds is 9. The molecular weight excluding hydrogens is 424 g/mol. The smallest absolute Gasteiger partial charge is 0.338 e. The van der Waals surface area contributed by atoms with Gasteiger partial charge in [-0.05, 0) is 30.2 Å². The predicted octanol–water partition coefficient (Wildman–Crippen LogP) is 3.57. The van der Waals surface area contributed by atoms with Gasteiger partial charge in [-0.1, -0.05) is 43.6 Å². The van der Waals surface area contributed by atoms with Gasteiger partial charge < -0.3 is 19.5 Å². The van der Waals surface area contributed by atoms with E-state index in [2.05, 4.69) is 10.6 Å². The van der Waals surface area contributed by atoms with Crippen molar-refractivity contribution in [1.82, 2.24) is 10.6 Å². The number of halogens is 1. The lowest BCUT2D eigenvalue weighted by molar-refractivity contribution is -0.123. The van der Waals surface area contributed by atoms with Gasteiger partial charge in [0, 0.05) is 17.1 Å². The fourth-order valence-electron chi connectivity index (χ4n) is 2.40. The maximum Gasteiger partial charge on any atom is 0.338 e. The van der Waals surface area contributed by atoms with Gasteiger partial charge in [0.1, 0.15) is 6.61 Å². The number of hydrogen-bond donors (Lipinski definition) is 2. The zero-order valence-electron chi connectivity index (χ0n) is 17.6. The van der Waals surface area contributed by atoms with Crippen LogP contribution in [0.4, 0.5) is 4.79 Å². The maximum atomic E-state index is 12.2. The Balaban J connectivity index is 1.91. The molecule has 0 aliphatic rings. The zero-order chi connectivity index (χ0) is 22.8. The van der Waals surface area contributed by atoms with Gasteiger partial charge in [0.05, 0.1) is 12.7 Å². The molecule has 8 nitrogen and oxygen atoms in total. The summed E-state index contributed by atoms with van der Waals surface area (Å²) in [5.74, 6) is -0.502. The second kappa shape index (κ2) is 11.8. The SMILES string of the molecule is COc1cc(C(=O)OCC(=O)NC(=O)NCC(C)C)ccc1OCc1ccccc1Cl. The third kappa shape index (κ3) is 7.82. The molecule has 0 aromatic heterocycles. The third-order valence-corrected chi connectivity index (χ3v) is 4.37. The molecule has 0 aliphatic carbocycles. The first-order valence-corrected chi connectivity index (χ1v) is 9.97. The van der Waals surface area contributed by atoms with Crippen molar-refractivity contribution in [2.45, 2.75) is 20.5 Å². The Kier molecular flexibility index (Phi) is 9.14. The number of urea groups is 1. The number of carbonyl (C=O) groups is 3. The largest absolute Gasteiger partial charge is 0.493 e. The molecule has 0 bridgehead atoms. The normalized spacial score (nSPS) is 10.4. The van der Waals surface area contributed by atoms with Crippen LogP contribution in [0.3, 0.4) is 0 Å². The van der Waals surface area contributed by atoms with Gasteiger partial charge >= 0.3 is 12.0 Å². The van der Waals surface area contributed by atoms with Crippen molar-refractivity contribution in [2.24, 2.45) is 5.92 Å². The van der Waals surface area contributed by atoms with Crippen LogP contribution >= 0.6 is 11.6 Å². The number of hydrogen-bond acceptors (Lipinski definition) is 6. The highest BCUT2D eigenvalue weighted by Gasteiger charge is 2.15. The van der Waals surface area contributed by atoms with E-state index in [1.165, 1.54) is 19.2 Å². The van der Waals surface area contributed by atoms with Gasteiger partial charge in [-0.3, -0.25) is 10.1 Å². The van der Waals surface area contributed by atoms with E-state index in [1.54, 1.807) is 12.1 Å². The Morgan fingerprint density at radius 2 is 1.81 bits per heavy atom. The second-order valence-corrected chi connectivity index (χ2v) is 7.38. The van der Waals surface area contributed by atoms with Crippen molar-refractivity contribution in [3.8, 4) is 11.5 Å². The molecule has 2 rings (SSSR count). The van der Waals surface area contributed by atoms with Gasteiger partial charge in [0.15, 0.2) is 18.1 Å².